The van der Waals surface area contributed by atoms with Crippen LogP contribution >= 0.6 is 0 Å². The molecule has 0 amide bonds. The van der Waals surface area contributed by atoms with E-state index in [0.717, 1.165) is 35.7 Å². The van der Waals surface area contributed by atoms with Crippen molar-refractivity contribution < 1.29 is 14.3 Å². The minimum Gasteiger partial charge on any atom is -0.490 e. The molecule has 2 saturated heterocycles. The quantitative estimate of drug-likeness (QED) is 0.897. The lowest BCUT2D eigenvalue weighted by Gasteiger charge is -2.36. The molecule has 1 aromatic rings. The van der Waals surface area contributed by atoms with Crippen molar-refractivity contribution in [3.63, 3.8) is 0 Å². The molecular formula is C20H22N2O3. The molecule has 2 bridgehead atoms. The molecular weight excluding hydrogens is 316 g/mol. The molecule has 1 N–H and O–H groups in total. The van der Waals surface area contributed by atoms with Crippen molar-refractivity contribution in [3.8, 4) is 11.5 Å². The van der Waals surface area contributed by atoms with Crippen LogP contribution in [0.3, 0.4) is 0 Å². The van der Waals surface area contributed by atoms with Crippen LogP contribution in [0.5, 0.6) is 11.5 Å². The topological polar surface area (TPSA) is 50.8 Å². The summed E-state index contributed by atoms with van der Waals surface area (Å²) in [6.45, 7) is 0. The van der Waals surface area contributed by atoms with Gasteiger partial charge in [-0.1, -0.05) is 0 Å². The summed E-state index contributed by atoms with van der Waals surface area (Å²) >= 11 is 0. The Balaban J connectivity index is 1.33. The van der Waals surface area contributed by atoms with Crippen molar-refractivity contribution >= 4 is 11.5 Å². The lowest BCUT2D eigenvalue weighted by Crippen LogP contribution is -2.43. The summed E-state index contributed by atoms with van der Waals surface area (Å²) < 4.78 is 12.2. The number of nitrogens with zero attached hydrogens (tertiary/aromatic N) is 1. The average molecular weight is 338 g/mol. The highest BCUT2D eigenvalue weighted by Crippen LogP contribution is 2.40. The number of nitrogens with one attached hydrogen (secondary N) is 1. The van der Waals surface area contributed by atoms with E-state index < -0.39 is 0 Å². The minimum atomic E-state index is 0.0678. The molecule has 2 unspecified atom stereocenters. The zero-order valence-corrected chi connectivity index (χ0v) is 14.3. The molecule has 2 fully saturated rings. The minimum absolute atomic E-state index is 0.0678. The molecule has 3 heterocycles. The Morgan fingerprint density at radius 1 is 1.20 bits per heavy atom. The van der Waals surface area contributed by atoms with Gasteiger partial charge in [0.25, 0.3) is 0 Å². The van der Waals surface area contributed by atoms with Crippen molar-refractivity contribution in [2.75, 3.05) is 12.4 Å². The molecule has 0 saturated carbocycles. The summed E-state index contributed by atoms with van der Waals surface area (Å²) in [5, 5.41) is 3.33. The number of carbonyl (C=O) groups excluding carboxylic acids is 1. The fraction of sp³-hybridized carbons (Fsp3) is 0.450. The number of rotatable bonds is 2. The second-order valence-electron chi connectivity index (χ2n) is 7.46. The lowest BCUT2D eigenvalue weighted by molar-refractivity contribution is -0.114. The fourth-order valence-electron chi connectivity index (χ4n) is 4.48. The van der Waals surface area contributed by atoms with Crippen molar-refractivity contribution in [1.29, 1.82) is 0 Å². The van der Waals surface area contributed by atoms with Crippen LogP contribution in [0.25, 0.3) is 0 Å². The Labute approximate surface area is 147 Å². The van der Waals surface area contributed by atoms with Gasteiger partial charge in [-0.15, -0.1) is 0 Å². The van der Waals surface area contributed by atoms with E-state index >= 15 is 0 Å². The highest BCUT2D eigenvalue weighted by Gasteiger charge is 2.39. The lowest BCUT2D eigenvalue weighted by atomic mass is 10.0. The fourth-order valence-corrected chi connectivity index (χ4v) is 4.48. The van der Waals surface area contributed by atoms with Crippen molar-refractivity contribution in [2.24, 2.45) is 0 Å². The van der Waals surface area contributed by atoms with Gasteiger partial charge < -0.3 is 19.7 Å². The maximum Gasteiger partial charge on any atom is 0.163 e. The molecule has 130 valence electrons. The highest BCUT2D eigenvalue weighted by molar-refractivity contribution is 5.94. The van der Waals surface area contributed by atoms with Crippen molar-refractivity contribution in [1.82, 2.24) is 4.90 Å². The predicted molar refractivity (Wildman–Crippen MR) is 94.7 cm³/mol. The normalized spacial score (nSPS) is 30.4. The van der Waals surface area contributed by atoms with Gasteiger partial charge in [0.15, 0.2) is 11.5 Å². The summed E-state index contributed by atoms with van der Waals surface area (Å²) in [7, 11) is 2.24. The van der Waals surface area contributed by atoms with E-state index in [4.69, 9.17) is 9.47 Å². The first-order chi connectivity index (χ1) is 12.2. The third-order valence-electron chi connectivity index (χ3n) is 5.88. The zero-order chi connectivity index (χ0) is 17.0. The SMILES string of the molecule is CN1C2CCC1CC(Oc1ccc3c(c1)OC1=C(C=CC(=O)C1)N3)C2. The molecule has 5 rings (SSSR count). The Bertz CT molecular complexity index is 784. The number of carbonyl (C=O) groups is 1. The van der Waals surface area contributed by atoms with E-state index in [1.807, 2.05) is 18.2 Å². The summed E-state index contributed by atoms with van der Waals surface area (Å²) in [5.74, 6) is 2.33. The van der Waals surface area contributed by atoms with E-state index in [0.29, 0.717) is 24.3 Å². The zero-order valence-electron chi connectivity index (χ0n) is 14.3. The van der Waals surface area contributed by atoms with Gasteiger partial charge in [-0.25, -0.2) is 0 Å². The van der Waals surface area contributed by atoms with Crippen LogP contribution in [0.1, 0.15) is 32.1 Å². The third-order valence-corrected chi connectivity index (χ3v) is 5.88. The Hall–Kier alpha value is -2.27. The smallest absolute Gasteiger partial charge is 0.163 e. The molecule has 4 aliphatic rings. The molecule has 1 aromatic carbocycles. The van der Waals surface area contributed by atoms with Crippen molar-refractivity contribution in [3.05, 3.63) is 41.8 Å². The van der Waals surface area contributed by atoms with Gasteiger partial charge in [0.05, 0.1) is 17.8 Å². The van der Waals surface area contributed by atoms with Gasteiger partial charge >= 0.3 is 0 Å². The number of fused-ring (bicyclic) bond motifs is 3. The van der Waals surface area contributed by atoms with Crippen LogP contribution in [0, 0.1) is 0 Å². The first-order valence-electron chi connectivity index (χ1n) is 9.07. The molecule has 3 aliphatic heterocycles. The summed E-state index contributed by atoms with van der Waals surface area (Å²) in [4.78, 5) is 14.1. The summed E-state index contributed by atoms with van der Waals surface area (Å²) in [6.07, 6.45) is 8.72. The maximum atomic E-state index is 11.6. The van der Waals surface area contributed by atoms with Gasteiger partial charge in [0.2, 0.25) is 0 Å². The van der Waals surface area contributed by atoms with Crippen LogP contribution in [0.15, 0.2) is 41.8 Å². The van der Waals surface area contributed by atoms with Gasteiger partial charge in [-0.2, -0.15) is 0 Å². The number of anilines is 1. The molecule has 1 aliphatic carbocycles. The maximum absolute atomic E-state index is 11.6. The summed E-state index contributed by atoms with van der Waals surface area (Å²) in [6, 6.07) is 7.25. The molecule has 5 heteroatoms. The van der Waals surface area contributed by atoms with Gasteiger partial charge in [-0.05, 0) is 57.0 Å². The number of ketones is 1. The number of ether oxygens (including phenoxy) is 2. The van der Waals surface area contributed by atoms with E-state index in [1.165, 1.54) is 12.8 Å². The second-order valence-corrected chi connectivity index (χ2v) is 7.46. The molecule has 0 radical (unpaired) electrons. The van der Waals surface area contributed by atoms with Crippen LogP contribution in [-0.2, 0) is 4.79 Å². The van der Waals surface area contributed by atoms with E-state index in [9.17, 15) is 4.79 Å². The Morgan fingerprint density at radius 3 is 2.80 bits per heavy atom. The molecule has 5 nitrogen and oxygen atoms in total. The van der Waals surface area contributed by atoms with Crippen LogP contribution in [-0.4, -0.2) is 35.9 Å². The number of allylic oxidation sites excluding steroid dienone is 3. The monoisotopic (exact) mass is 338 g/mol. The van der Waals surface area contributed by atoms with Gasteiger partial charge in [0, 0.05) is 18.2 Å². The number of hydrogen-bond acceptors (Lipinski definition) is 5. The van der Waals surface area contributed by atoms with Crippen LogP contribution < -0.4 is 14.8 Å². The number of benzene rings is 1. The largest absolute Gasteiger partial charge is 0.490 e. The number of hydrogen-bond donors (Lipinski definition) is 1. The van der Waals surface area contributed by atoms with E-state index in [1.54, 1.807) is 12.2 Å². The first kappa shape index (κ1) is 15.0. The van der Waals surface area contributed by atoms with Gasteiger partial charge in [0.1, 0.15) is 17.6 Å². The highest BCUT2D eigenvalue weighted by atomic mass is 16.5. The second kappa shape index (κ2) is 5.63. The Kier molecular flexibility index (Phi) is 3.38. The standard InChI is InChI=1S/C20H22N2O3/c1-22-12-2-3-13(22)9-16(8-12)24-15-5-7-18-20(11-15)25-19-10-14(23)4-6-17(19)21-18/h4-7,11-13,16,21H,2-3,8-10H2,1H3. The number of piperidine rings is 1. The Morgan fingerprint density at radius 2 is 2.00 bits per heavy atom. The predicted octanol–water partition coefficient (Wildman–Crippen LogP) is 3.24. The van der Waals surface area contributed by atoms with Gasteiger partial charge in [-0.3, -0.25) is 4.79 Å². The average Bonchev–Trinajstić information content (AvgIpc) is 2.81. The van der Waals surface area contributed by atoms with Crippen LogP contribution in [0.4, 0.5) is 5.69 Å². The molecule has 2 atom stereocenters. The summed E-state index contributed by atoms with van der Waals surface area (Å²) in [5.41, 5.74) is 1.78. The van der Waals surface area contributed by atoms with Crippen molar-refractivity contribution in [2.45, 2.75) is 50.3 Å². The third kappa shape index (κ3) is 2.63. The molecule has 0 aromatic heterocycles. The van der Waals surface area contributed by atoms with Crippen LogP contribution in [0.2, 0.25) is 0 Å². The first-order valence-corrected chi connectivity index (χ1v) is 9.07. The molecule has 25 heavy (non-hydrogen) atoms. The molecule has 0 spiro atoms. The van der Waals surface area contributed by atoms with E-state index in [-0.39, 0.29) is 11.9 Å². The van der Waals surface area contributed by atoms with E-state index in [2.05, 4.69) is 17.3 Å².